The van der Waals surface area contributed by atoms with Crippen LogP contribution in [0.15, 0.2) is 66.9 Å². The van der Waals surface area contributed by atoms with E-state index in [0.717, 1.165) is 17.7 Å². The van der Waals surface area contributed by atoms with Crippen LogP contribution in [0.4, 0.5) is 30.8 Å². The lowest BCUT2D eigenvalue weighted by Gasteiger charge is -2.36. The molecule has 0 aliphatic carbocycles. The van der Waals surface area contributed by atoms with E-state index in [-0.39, 0.29) is 5.69 Å². The molecule has 2 heterocycles. The Kier molecular flexibility index (Phi) is 4.89. The van der Waals surface area contributed by atoms with Gasteiger partial charge >= 0.3 is 6.03 Å². The maximum atomic E-state index is 13.9. The number of benzene rings is 2. The molecule has 0 saturated carbocycles. The van der Waals surface area contributed by atoms with Gasteiger partial charge < -0.3 is 10.2 Å². The fourth-order valence-electron chi connectivity index (χ4n) is 3.23. The molecule has 0 radical (unpaired) electrons. The minimum absolute atomic E-state index is 0.0662. The number of rotatable bonds is 3. The Morgan fingerprint density at radius 1 is 1.04 bits per heavy atom. The van der Waals surface area contributed by atoms with Crippen LogP contribution in [0.3, 0.4) is 0 Å². The second kappa shape index (κ2) is 7.64. The Morgan fingerprint density at radius 2 is 1.86 bits per heavy atom. The highest BCUT2D eigenvalue weighted by atomic mass is 19.1. The van der Waals surface area contributed by atoms with E-state index in [9.17, 15) is 13.6 Å². The summed E-state index contributed by atoms with van der Waals surface area (Å²) < 4.78 is 27.0. The summed E-state index contributed by atoms with van der Waals surface area (Å²) in [5.41, 5.74) is 1.72. The maximum absolute atomic E-state index is 13.9. The molecule has 28 heavy (non-hydrogen) atoms. The molecule has 0 saturated heterocycles. The first-order valence-electron chi connectivity index (χ1n) is 8.89. The number of amides is 2. The van der Waals surface area contributed by atoms with Gasteiger partial charge in [0.1, 0.15) is 11.6 Å². The van der Waals surface area contributed by atoms with E-state index in [0.29, 0.717) is 31.1 Å². The number of carbonyl (C=O) groups excluding carboxylic acids is 1. The minimum atomic E-state index is -0.817. The van der Waals surface area contributed by atoms with E-state index in [1.807, 2.05) is 30.3 Å². The summed E-state index contributed by atoms with van der Waals surface area (Å²) in [6.45, 7) is 1.67. The van der Waals surface area contributed by atoms with Crippen LogP contribution >= 0.6 is 0 Å². The molecular weight excluding hydrogens is 362 g/mol. The number of nitrogens with zero attached hydrogens (tertiary/aromatic N) is 3. The Hall–Kier alpha value is -3.48. The van der Waals surface area contributed by atoms with Gasteiger partial charge in [-0.25, -0.2) is 18.6 Å². The molecule has 1 aromatic heterocycles. The topological polar surface area (TPSA) is 48.5 Å². The number of urea groups is 1. The fraction of sp³-hybridized carbons (Fsp3) is 0.143. The van der Waals surface area contributed by atoms with Crippen molar-refractivity contribution >= 4 is 23.2 Å². The molecule has 2 aromatic carbocycles. The molecule has 1 aliphatic rings. The SMILES string of the molecule is O=C(Nc1ccc(F)cc1F)N1CCN(Cc2ccccc2)c2ncccc21. The van der Waals surface area contributed by atoms with Gasteiger partial charge in [-0.15, -0.1) is 0 Å². The summed E-state index contributed by atoms with van der Waals surface area (Å²) in [5, 5.41) is 2.51. The summed E-state index contributed by atoms with van der Waals surface area (Å²) in [6, 6.07) is 16.1. The first-order valence-corrected chi connectivity index (χ1v) is 8.89. The third kappa shape index (κ3) is 3.64. The van der Waals surface area contributed by atoms with Crippen molar-refractivity contribution in [3.63, 3.8) is 0 Å². The second-order valence-corrected chi connectivity index (χ2v) is 6.46. The van der Waals surface area contributed by atoms with Crippen molar-refractivity contribution < 1.29 is 13.6 Å². The van der Waals surface area contributed by atoms with Gasteiger partial charge in [-0.05, 0) is 29.8 Å². The fourth-order valence-corrected chi connectivity index (χ4v) is 3.23. The van der Waals surface area contributed by atoms with Crippen LogP contribution in [-0.2, 0) is 6.54 Å². The molecule has 7 heteroatoms. The quantitative estimate of drug-likeness (QED) is 0.732. The van der Waals surface area contributed by atoms with E-state index in [1.54, 1.807) is 18.3 Å². The van der Waals surface area contributed by atoms with Crippen molar-refractivity contribution in [3.8, 4) is 0 Å². The van der Waals surface area contributed by atoms with Gasteiger partial charge in [-0.2, -0.15) is 0 Å². The number of carbonyl (C=O) groups is 1. The van der Waals surface area contributed by atoms with Gasteiger partial charge in [-0.1, -0.05) is 30.3 Å². The van der Waals surface area contributed by atoms with Crippen molar-refractivity contribution in [2.45, 2.75) is 6.54 Å². The summed E-state index contributed by atoms with van der Waals surface area (Å²) in [6.07, 6.45) is 1.68. The number of anilines is 3. The zero-order valence-electron chi connectivity index (χ0n) is 15.0. The third-order valence-corrected chi connectivity index (χ3v) is 4.58. The van der Waals surface area contributed by atoms with Gasteiger partial charge in [0, 0.05) is 31.9 Å². The highest BCUT2D eigenvalue weighted by molar-refractivity contribution is 6.04. The van der Waals surface area contributed by atoms with Crippen LogP contribution in [0.25, 0.3) is 0 Å². The molecule has 5 nitrogen and oxygen atoms in total. The molecule has 0 atom stereocenters. The third-order valence-electron chi connectivity index (χ3n) is 4.58. The predicted octanol–water partition coefficient (Wildman–Crippen LogP) is 4.42. The average Bonchev–Trinajstić information content (AvgIpc) is 2.71. The first-order chi connectivity index (χ1) is 13.6. The smallest absolute Gasteiger partial charge is 0.326 e. The number of nitrogens with one attached hydrogen (secondary N) is 1. The maximum Gasteiger partial charge on any atom is 0.326 e. The van der Waals surface area contributed by atoms with Crippen molar-refractivity contribution in [2.24, 2.45) is 0 Å². The van der Waals surface area contributed by atoms with Crippen LogP contribution < -0.4 is 15.1 Å². The lowest BCUT2D eigenvalue weighted by molar-refractivity contribution is 0.256. The molecule has 0 bridgehead atoms. The van der Waals surface area contributed by atoms with E-state index in [4.69, 9.17) is 0 Å². The molecule has 1 N–H and O–H groups in total. The van der Waals surface area contributed by atoms with Gasteiger partial charge in [0.05, 0.1) is 11.4 Å². The molecule has 0 spiro atoms. The Labute approximate surface area is 161 Å². The normalized spacial score (nSPS) is 13.2. The molecule has 4 rings (SSSR count). The lowest BCUT2D eigenvalue weighted by Crippen LogP contribution is -2.46. The highest BCUT2D eigenvalue weighted by Gasteiger charge is 2.28. The van der Waals surface area contributed by atoms with Crippen LogP contribution in [0.1, 0.15) is 5.56 Å². The van der Waals surface area contributed by atoms with E-state index in [1.165, 1.54) is 11.0 Å². The second-order valence-electron chi connectivity index (χ2n) is 6.46. The van der Waals surface area contributed by atoms with E-state index < -0.39 is 17.7 Å². The van der Waals surface area contributed by atoms with Crippen LogP contribution in [0.5, 0.6) is 0 Å². The standard InChI is InChI=1S/C21H18F2N4O/c22-16-8-9-18(17(23)13-16)25-21(28)27-12-11-26(14-15-5-2-1-3-6-15)20-19(27)7-4-10-24-20/h1-10,13H,11-12,14H2,(H,25,28). The summed E-state index contributed by atoms with van der Waals surface area (Å²) in [5.74, 6) is -0.825. The summed E-state index contributed by atoms with van der Waals surface area (Å²) >= 11 is 0. The van der Waals surface area contributed by atoms with Crippen LogP contribution in [0, 0.1) is 11.6 Å². The molecule has 0 unspecified atom stereocenters. The molecule has 3 aromatic rings. The van der Waals surface area contributed by atoms with Gasteiger partial charge in [0.2, 0.25) is 0 Å². The van der Waals surface area contributed by atoms with Crippen molar-refractivity contribution in [3.05, 3.63) is 84.1 Å². The van der Waals surface area contributed by atoms with Gasteiger partial charge in [0.15, 0.2) is 5.82 Å². The predicted molar refractivity (Wildman–Crippen MR) is 104 cm³/mol. The monoisotopic (exact) mass is 380 g/mol. The van der Waals surface area contributed by atoms with Gasteiger partial charge in [0.25, 0.3) is 0 Å². The average molecular weight is 380 g/mol. The zero-order valence-corrected chi connectivity index (χ0v) is 15.0. The largest absolute Gasteiger partial charge is 0.349 e. The molecule has 1 aliphatic heterocycles. The zero-order chi connectivity index (χ0) is 19.5. The molecule has 2 amide bonds. The minimum Gasteiger partial charge on any atom is -0.349 e. The molecule has 142 valence electrons. The first kappa shape index (κ1) is 17.9. The summed E-state index contributed by atoms with van der Waals surface area (Å²) in [7, 11) is 0. The van der Waals surface area contributed by atoms with Crippen molar-refractivity contribution in [1.82, 2.24) is 4.98 Å². The van der Waals surface area contributed by atoms with E-state index in [2.05, 4.69) is 15.2 Å². The van der Waals surface area contributed by atoms with Crippen LogP contribution in [-0.4, -0.2) is 24.1 Å². The number of hydrogen-bond acceptors (Lipinski definition) is 3. The number of fused-ring (bicyclic) bond motifs is 1. The van der Waals surface area contributed by atoms with Crippen molar-refractivity contribution in [1.29, 1.82) is 0 Å². The lowest BCUT2D eigenvalue weighted by atomic mass is 10.2. The molecular formula is C21H18F2N4O. The van der Waals surface area contributed by atoms with Crippen LogP contribution in [0.2, 0.25) is 0 Å². The summed E-state index contributed by atoms with van der Waals surface area (Å²) in [4.78, 5) is 20.8. The van der Waals surface area contributed by atoms with Crippen molar-refractivity contribution in [2.75, 3.05) is 28.2 Å². The highest BCUT2D eigenvalue weighted by Crippen LogP contribution is 2.32. The number of pyridine rings is 1. The van der Waals surface area contributed by atoms with Gasteiger partial charge in [-0.3, -0.25) is 4.90 Å². The Balaban J connectivity index is 1.56. The molecule has 0 fully saturated rings. The van der Waals surface area contributed by atoms with E-state index >= 15 is 0 Å². The Bertz CT molecular complexity index is 997. The Morgan fingerprint density at radius 3 is 2.64 bits per heavy atom. The number of hydrogen-bond donors (Lipinski definition) is 1. The number of halogens is 2. The number of aromatic nitrogens is 1.